The number of carbonyl (C=O) groups excluding carboxylic acids is 1. The number of sulfonamides is 1. The molecule has 0 unspecified atom stereocenters. The van der Waals surface area contributed by atoms with Gasteiger partial charge >= 0.3 is 6.09 Å². The predicted molar refractivity (Wildman–Crippen MR) is 126 cm³/mol. The highest BCUT2D eigenvalue weighted by Gasteiger charge is 2.15. The molecule has 2 aromatic rings. The highest BCUT2D eigenvalue weighted by molar-refractivity contribution is 7.92. The number of carboxylic acid groups (broad SMARTS) is 1. The molecule has 0 saturated heterocycles. The van der Waals surface area contributed by atoms with E-state index in [1.54, 1.807) is 13.2 Å². The van der Waals surface area contributed by atoms with Crippen molar-refractivity contribution >= 4 is 27.6 Å². The van der Waals surface area contributed by atoms with Gasteiger partial charge in [-0.1, -0.05) is 18.2 Å². The molecule has 0 aliphatic rings. The number of para-hydroxylation sites is 1. The van der Waals surface area contributed by atoms with Crippen LogP contribution in [0.15, 0.2) is 42.5 Å². The van der Waals surface area contributed by atoms with Gasteiger partial charge in [0.15, 0.2) is 5.78 Å². The van der Waals surface area contributed by atoms with Gasteiger partial charge in [0.05, 0.1) is 26.2 Å². The first-order valence-electron chi connectivity index (χ1n) is 10.4. The topological polar surface area (TPSA) is 122 Å². The number of ether oxygens (including phenoxy) is 2. The van der Waals surface area contributed by atoms with Crippen molar-refractivity contribution in [3.63, 3.8) is 0 Å². The summed E-state index contributed by atoms with van der Waals surface area (Å²) in [6.45, 7) is 0.629. The molecule has 9 nitrogen and oxygen atoms in total. The Bertz CT molecular complexity index is 1070. The van der Waals surface area contributed by atoms with Crippen LogP contribution in [0, 0.1) is 0 Å². The van der Waals surface area contributed by atoms with E-state index < -0.39 is 16.1 Å². The van der Waals surface area contributed by atoms with E-state index in [-0.39, 0.29) is 17.9 Å². The molecule has 0 aromatic heterocycles. The number of rotatable bonds is 13. The number of nitrogens with one attached hydrogen (secondary N) is 1. The third-order valence-electron chi connectivity index (χ3n) is 5.01. The van der Waals surface area contributed by atoms with E-state index in [1.807, 2.05) is 24.3 Å². The molecule has 0 fully saturated rings. The summed E-state index contributed by atoms with van der Waals surface area (Å²) >= 11 is 0. The largest absolute Gasteiger partial charge is 0.496 e. The van der Waals surface area contributed by atoms with Gasteiger partial charge in [0.2, 0.25) is 10.0 Å². The van der Waals surface area contributed by atoms with Crippen LogP contribution >= 0.6 is 0 Å². The first-order valence-corrected chi connectivity index (χ1v) is 12.3. The summed E-state index contributed by atoms with van der Waals surface area (Å²) in [6.07, 6.45) is 1.76. The lowest BCUT2D eigenvalue weighted by Gasteiger charge is -2.19. The first-order chi connectivity index (χ1) is 15.6. The van der Waals surface area contributed by atoms with Crippen molar-refractivity contribution in [2.75, 3.05) is 38.3 Å². The van der Waals surface area contributed by atoms with E-state index >= 15 is 0 Å². The van der Waals surface area contributed by atoms with Crippen molar-refractivity contribution in [1.82, 2.24) is 4.90 Å². The number of hydrogen-bond donors (Lipinski definition) is 2. The van der Waals surface area contributed by atoms with Gasteiger partial charge in [-0.15, -0.1) is 0 Å². The maximum atomic E-state index is 12.6. The molecular weight excluding hydrogens is 448 g/mol. The van der Waals surface area contributed by atoms with E-state index in [2.05, 4.69) is 4.72 Å². The highest BCUT2D eigenvalue weighted by atomic mass is 32.2. The smallest absolute Gasteiger partial charge is 0.407 e. The van der Waals surface area contributed by atoms with Crippen molar-refractivity contribution < 1.29 is 32.6 Å². The number of nitrogens with zero attached hydrogens (tertiary/aromatic N) is 1. The molecule has 1 amide bonds. The summed E-state index contributed by atoms with van der Waals surface area (Å²) in [5.41, 5.74) is 1.48. The zero-order valence-electron chi connectivity index (χ0n) is 19.0. The Kier molecular flexibility index (Phi) is 9.53. The summed E-state index contributed by atoms with van der Waals surface area (Å²) in [6, 6.07) is 12.0. The van der Waals surface area contributed by atoms with Crippen LogP contribution in [0.25, 0.3) is 0 Å². The fourth-order valence-corrected chi connectivity index (χ4v) is 3.92. The molecule has 33 heavy (non-hydrogen) atoms. The Morgan fingerprint density at radius 3 is 2.33 bits per heavy atom. The Hall–Kier alpha value is -3.27. The quantitative estimate of drug-likeness (QED) is 0.333. The molecule has 0 radical (unpaired) electrons. The summed E-state index contributed by atoms with van der Waals surface area (Å²) < 4.78 is 35.9. The number of methoxy groups -OCH3 is 2. The normalized spacial score (nSPS) is 11.0. The number of benzene rings is 2. The minimum atomic E-state index is -3.53. The molecule has 0 spiro atoms. The average Bonchev–Trinajstić information content (AvgIpc) is 2.77. The Morgan fingerprint density at radius 2 is 1.70 bits per heavy atom. The average molecular weight is 479 g/mol. The van der Waals surface area contributed by atoms with Gasteiger partial charge in [-0.2, -0.15) is 0 Å². The van der Waals surface area contributed by atoms with Gasteiger partial charge < -0.3 is 19.5 Å². The van der Waals surface area contributed by atoms with Crippen LogP contribution in [-0.4, -0.2) is 63.9 Å². The molecule has 0 aliphatic heterocycles. The lowest BCUT2D eigenvalue weighted by molar-refractivity contribution is 0.0978. The lowest BCUT2D eigenvalue weighted by atomic mass is 10.0. The van der Waals surface area contributed by atoms with Gasteiger partial charge in [-0.25, -0.2) is 13.2 Å². The molecule has 2 N–H and O–H groups in total. The maximum absolute atomic E-state index is 12.6. The summed E-state index contributed by atoms with van der Waals surface area (Å²) in [5.74, 6) is 0.867. The minimum Gasteiger partial charge on any atom is -0.496 e. The minimum absolute atomic E-state index is 0.162. The number of carbonyl (C=O) groups is 2. The van der Waals surface area contributed by atoms with E-state index in [1.165, 1.54) is 24.1 Å². The lowest BCUT2D eigenvalue weighted by Crippen LogP contribution is -2.32. The van der Waals surface area contributed by atoms with Gasteiger partial charge in [0, 0.05) is 25.1 Å². The highest BCUT2D eigenvalue weighted by Crippen LogP contribution is 2.27. The number of unbranched alkanes of at least 4 members (excludes halogenated alkanes) is 1. The molecule has 0 saturated carbocycles. The zero-order valence-corrected chi connectivity index (χ0v) is 19.9. The number of anilines is 1. The van der Waals surface area contributed by atoms with Crippen LogP contribution in [0.2, 0.25) is 0 Å². The fraction of sp³-hybridized carbons (Fsp3) is 0.391. The fourth-order valence-electron chi connectivity index (χ4n) is 3.36. The van der Waals surface area contributed by atoms with Crippen molar-refractivity contribution in [2.24, 2.45) is 0 Å². The van der Waals surface area contributed by atoms with E-state index in [9.17, 15) is 23.1 Å². The Morgan fingerprint density at radius 1 is 1.00 bits per heavy atom. The number of hydrogen-bond acceptors (Lipinski definition) is 6. The van der Waals surface area contributed by atoms with Crippen LogP contribution in [0.1, 0.15) is 35.2 Å². The maximum Gasteiger partial charge on any atom is 0.407 e. The summed E-state index contributed by atoms with van der Waals surface area (Å²) in [4.78, 5) is 25.5. The van der Waals surface area contributed by atoms with Crippen LogP contribution < -0.4 is 14.2 Å². The van der Waals surface area contributed by atoms with Crippen LogP contribution in [0.3, 0.4) is 0 Å². The van der Waals surface area contributed by atoms with Gasteiger partial charge in [0.25, 0.3) is 0 Å². The molecule has 0 aliphatic carbocycles. The third-order valence-corrected chi connectivity index (χ3v) is 5.60. The standard InChI is InChI=1S/C23H30N2O7S/c1-31-21-10-5-4-8-17(21)13-15-25(23(27)28)14-7-6-9-20(26)18-11-12-22(32-2)19(16-18)24-33(3,29)30/h4-5,8,10-12,16,24H,6-7,9,13-15H2,1-3H3,(H,27,28). The van der Waals surface area contributed by atoms with E-state index in [0.717, 1.165) is 17.6 Å². The SMILES string of the molecule is COc1ccccc1CCN(CCCCC(=O)c1ccc(OC)c(NS(C)(=O)=O)c1)C(=O)O. The van der Waals surface area contributed by atoms with Crippen molar-refractivity contribution in [2.45, 2.75) is 25.7 Å². The molecular formula is C23H30N2O7S. The number of ketones is 1. The van der Waals surface area contributed by atoms with E-state index in [4.69, 9.17) is 9.47 Å². The van der Waals surface area contributed by atoms with E-state index in [0.29, 0.717) is 43.7 Å². The summed E-state index contributed by atoms with van der Waals surface area (Å²) in [7, 11) is -0.545. The van der Waals surface area contributed by atoms with Gasteiger partial charge in [0.1, 0.15) is 11.5 Å². The molecule has 0 bridgehead atoms. The molecule has 0 atom stereocenters. The zero-order chi connectivity index (χ0) is 24.4. The molecule has 2 aromatic carbocycles. The monoisotopic (exact) mass is 478 g/mol. The molecule has 2 rings (SSSR count). The van der Waals surface area contributed by atoms with Crippen LogP contribution in [0.4, 0.5) is 10.5 Å². The van der Waals surface area contributed by atoms with Crippen molar-refractivity contribution in [3.8, 4) is 11.5 Å². The second-order valence-corrected chi connectivity index (χ2v) is 9.25. The third kappa shape index (κ3) is 8.30. The van der Waals surface area contributed by atoms with Crippen LogP contribution in [0.5, 0.6) is 11.5 Å². The Balaban J connectivity index is 1.89. The first kappa shape index (κ1) is 26.0. The second kappa shape index (κ2) is 12.1. The number of Topliss-reactive ketones (excluding diaryl/α,β-unsaturated/α-hetero) is 1. The Labute approximate surface area is 194 Å². The number of amides is 1. The predicted octanol–water partition coefficient (Wildman–Crippen LogP) is 3.65. The second-order valence-electron chi connectivity index (χ2n) is 7.50. The van der Waals surface area contributed by atoms with Crippen molar-refractivity contribution in [1.29, 1.82) is 0 Å². The molecule has 180 valence electrons. The van der Waals surface area contributed by atoms with Crippen molar-refractivity contribution in [3.05, 3.63) is 53.6 Å². The van der Waals surface area contributed by atoms with Gasteiger partial charge in [-0.3, -0.25) is 9.52 Å². The van der Waals surface area contributed by atoms with Gasteiger partial charge in [-0.05, 0) is 49.1 Å². The molecule has 0 heterocycles. The molecule has 10 heteroatoms. The summed E-state index contributed by atoms with van der Waals surface area (Å²) in [5, 5.41) is 9.50. The van der Waals surface area contributed by atoms with Crippen LogP contribution in [-0.2, 0) is 16.4 Å².